The van der Waals surface area contributed by atoms with E-state index in [9.17, 15) is 0 Å². The monoisotopic (exact) mass is 329 g/mol. The minimum Gasteiger partial charge on any atom is -0.265 e. The summed E-state index contributed by atoms with van der Waals surface area (Å²) < 4.78 is 1.78. The van der Waals surface area contributed by atoms with Crippen LogP contribution < -0.4 is 0 Å². The third kappa shape index (κ3) is 3.12. The largest absolute Gasteiger partial charge is 0.265 e. The Morgan fingerprint density at radius 3 is 2.60 bits per heavy atom. The van der Waals surface area contributed by atoms with Crippen LogP contribution in [0.5, 0.6) is 0 Å². The molecule has 0 aliphatic carbocycles. The smallest absolute Gasteiger partial charge is 0.188 e. The van der Waals surface area contributed by atoms with E-state index in [1.165, 1.54) is 11.9 Å². The molecule has 7 heteroatoms. The summed E-state index contributed by atoms with van der Waals surface area (Å²) in [5.41, 5.74) is 3.88. The number of aryl methyl sites for hydroxylation is 1. The maximum absolute atomic E-state index is 4.43. The molecule has 0 radical (unpaired) electrons. The van der Waals surface area contributed by atoms with Gasteiger partial charge < -0.3 is 0 Å². The van der Waals surface area contributed by atoms with Gasteiger partial charge in [-0.3, -0.25) is 4.98 Å². The molecule has 3 aromatic heterocycles. The summed E-state index contributed by atoms with van der Waals surface area (Å²) in [5.74, 6) is 0.511. The fraction of sp³-hybridized carbons (Fsp3) is 0.111. The molecule has 4 aromatic rings. The summed E-state index contributed by atoms with van der Waals surface area (Å²) in [6.07, 6.45) is 6.67. The molecule has 122 valence electrons. The van der Waals surface area contributed by atoms with Crippen molar-refractivity contribution in [3.8, 4) is 5.69 Å². The van der Waals surface area contributed by atoms with Crippen LogP contribution in [0.3, 0.4) is 0 Å². The molecule has 0 fully saturated rings. The second kappa shape index (κ2) is 6.56. The van der Waals surface area contributed by atoms with Gasteiger partial charge in [-0.25, -0.2) is 14.6 Å². The zero-order valence-corrected chi connectivity index (χ0v) is 13.6. The minimum atomic E-state index is 0.472. The molecular formula is C18H15N7. The number of rotatable bonds is 4. The second-order valence-electron chi connectivity index (χ2n) is 5.58. The van der Waals surface area contributed by atoms with Crippen molar-refractivity contribution in [2.75, 3.05) is 0 Å². The average molecular weight is 329 g/mol. The number of aromatic nitrogens is 5. The van der Waals surface area contributed by atoms with Crippen molar-refractivity contribution < 1.29 is 0 Å². The van der Waals surface area contributed by atoms with Crippen LogP contribution in [0.25, 0.3) is 16.7 Å². The number of benzene rings is 1. The number of nitrogens with zero attached hydrogens (tertiary/aromatic N) is 7. The highest BCUT2D eigenvalue weighted by molar-refractivity contribution is 5.85. The van der Waals surface area contributed by atoms with E-state index in [2.05, 4.69) is 37.2 Å². The van der Waals surface area contributed by atoms with Crippen molar-refractivity contribution in [3.63, 3.8) is 0 Å². The number of fused-ring (bicyclic) bond motifs is 1. The van der Waals surface area contributed by atoms with E-state index in [0.29, 0.717) is 18.0 Å². The third-order valence-electron chi connectivity index (χ3n) is 3.79. The van der Waals surface area contributed by atoms with Crippen molar-refractivity contribution in [3.05, 3.63) is 72.4 Å². The van der Waals surface area contributed by atoms with Gasteiger partial charge in [0.15, 0.2) is 11.5 Å². The molecule has 0 spiro atoms. The van der Waals surface area contributed by atoms with Gasteiger partial charge in [0.1, 0.15) is 6.33 Å². The van der Waals surface area contributed by atoms with Crippen molar-refractivity contribution in [1.29, 1.82) is 0 Å². The van der Waals surface area contributed by atoms with Gasteiger partial charge in [0.25, 0.3) is 0 Å². The number of pyridine rings is 1. The van der Waals surface area contributed by atoms with Gasteiger partial charge in [0.2, 0.25) is 0 Å². The van der Waals surface area contributed by atoms with Crippen molar-refractivity contribution in [2.45, 2.75) is 13.5 Å². The van der Waals surface area contributed by atoms with Gasteiger partial charge in [-0.1, -0.05) is 17.7 Å². The molecule has 0 atom stereocenters. The van der Waals surface area contributed by atoms with E-state index in [1.807, 2.05) is 36.4 Å². The lowest BCUT2D eigenvalue weighted by molar-refractivity contribution is 0.893. The maximum atomic E-state index is 4.43. The average Bonchev–Trinajstić information content (AvgIpc) is 3.08. The van der Waals surface area contributed by atoms with E-state index in [0.717, 1.165) is 16.6 Å². The highest BCUT2D eigenvalue weighted by atomic mass is 15.3. The first kappa shape index (κ1) is 15.1. The van der Waals surface area contributed by atoms with Crippen LogP contribution in [0.1, 0.15) is 11.1 Å². The van der Waals surface area contributed by atoms with Gasteiger partial charge >= 0.3 is 0 Å². The van der Waals surface area contributed by atoms with Crippen LogP contribution in [0.15, 0.2) is 71.5 Å². The SMILES string of the molecule is Cc1ccc(-n2ncc3c(N=NCc4ccncc4)ncnc32)cc1. The van der Waals surface area contributed by atoms with Gasteiger partial charge in [-0.05, 0) is 36.8 Å². The van der Waals surface area contributed by atoms with E-state index in [1.54, 1.807) is 23.3 Å². The van der Waals surface area contributed by atoms with Gasteiger partial charge in [-0.15, -0.1) is 5.11 Å². The predicted molar refractivity (Wildman–Crippen MR) is 93.9 cm³/mol. The molecule has 4 rings (SSSR count). The topological polar surface area (TPSA) is 81.2 Å². The Hall–Kier alpha value is -3.48. The van der Waals surface area contributed by atoms with E-state index < -0.39 is 0 Å². The van der Waals surface area contributed by atoms with Gasteiger partial charge in [0.05, 0.1) is 23.8 Å². The molecule has 0 bridgehead atoms. The highest BCUT2D eigenvalue weighted by Gasteiger charge is 2.10. The number of azo groups is 1. The van der Waals surface area contributed by atoms with E-state index in [-0.39, 0.29) is 0 Å². The molecule has 0 saturated heterocycles. The van der Waals surface area contributed by atoms with Gasteiger partial charge in [0, 0.05) is 12.4 Å². The second-order valence-corrected chi connectivity index (χ2v) is 5.58. The quantitative estimate of drug-likeness (QED) is 0.533. The lowest BCUT2D eigenvalue weighted by Crippen LogP contribution is -1.97. The molecule has 0 N–H and O–H groups in total. The summed E-state index contributed by atoms with van der Waals surface area (Å²) in [6.45, 7) is 2.52. The number of hydrogen-bond donors (Lipinski definition) is 0. The minimum absolute atomic E-state index is 0.472. The van der Waals surface area contributed by atoms with Crippen LogP contribution in [0.4, 0.5) is 5.82 Å². The first-order valence-corrected chi connectivity index (χ1v) is 7.83. The van der Waals surface area contributed by atoms with Crippen molar-refractivity contribution in [1.82, 2.24) is 24.7 Å². The lowest BCUT2D eigenvalue weighted by Gasteiger charge is -2.03. The Morgan fingerprint density at radius 2 is 1.80 bits per heavy atom. The first-order valence-electron chi connectivity index (χ1n) is 7.83. The molecule has 0 aliphatic heterocycles. The summed E-state index contributed by atoms with van der Waals surface area (Å²) in [6, 6.07) is 11.9. The van der Waals surface area contributed by atoms with Crippen LogP contribution in [0, 0.1) is 6.92 Å². The molecule has 1 aromatic carbocycles. The summed E-state index contributed by atoms with van der Waals surface area (Å²) in [4.78, 5) is 12.6. The standard InChI is InChI=1S/C18H15N7/c1-13-2-4-15(5-3-13)25-18-16(11-23-25)17(20-12-21-18)24-22-10-14-6-8-19-9-7-14/h2-9,11-12H,10H2,1H3. The summed E-state index contributed by atoms with van der Waals surface area (Å²) in [5, 5.41) is 13.7. The zero-order chi connectivity index (χ0) is 17.1. The zero-order valence-electron chi connectivity index (χ0n) is 13.6. The molecule has 0 saturated carbocycles. The Kier molecular flexibility index (Phi) is 3.96. The Bertz CT molecular complexity index is 1020. The predicted octanol–water partition coefficient (Wildman–Crippen LogP) is 3.80. The fourth-order valence-electron chi connectivity index (χ4n) is 2.46. The normalized spacial score (nSPS) is 11.4. The highest BCUT2D eigenvalue weighted by Crippen LogP contribution is 2.24. The summed E-state index contributed by atoms with van der Waals surface area (Å²) in [7, 11) is 0. The molecule has 0 unspecified atom stereocenters. The van der Waals surface area contributed by atoms with E-state index >= 15 is 0 Å². The Balaban J connectivity index is 1.66. The van der Waals surface area contributed by atoms with Crippen LogP contribution in [0.2, 0.25) is 0 Å². The fourth-order valence-corrected chi connectivity index (χ4v) is 2.46. The van der Waals surface area contributed by atoms with Gasteiger partial charge in [-0.2, -0.15) is 10.2 Å². The summed E-state index contributed by atoms with van der Waals surface area (Å²) >= 11 is 0. The van der Waals surface area contributed by atoms with Crippen LogP contribution in [-0.4, -0.2) is 24.7 Å². The maximum Gasteiger partial charge on any atom is 0.188 e. The van der Waals surface area contributed by atoms with Crippen molar-refractivity contribution >= 4 is 16.9 Å². The third-order valence-corrected chi connectivity index (χ3v) is 3.79. The Labute approximate surface area is 144 Å². The number of hydrogen-bond acceptors (Lipinski definition) is 6. The molecule has 0 aliphatic rings. The Morgan fingerprint density at radius 1 is 1.00 bits per heavy atom. The molecule has 3 heterocycles. The molecular weight excluding hydrogens is 314 g/mol. The molecule has 0 amide bonds. The molecule has 25 heavy (non-hydrogen) atoms. The van der Waals surface area contributed by atoms with Crippen molar-refractivity contribution in [2.24, 2.45) is 10.2 Å². The molecule has 7 nitrogen and oxygen atoms in total. The van der Waals surface area contributed by atoms with Crippen LogP contribution in [-0.2, 0) is 6.54 Å². The van der Waals surface area contributed by atoms with Crippen LogP contribution >= 0.6 is 0 Å². The first-order chi connectivity index (χ1) is 12.3. The van der Waals surface area contributed by atoms with E-state index in [4.69, 9.17) is 0 Å². The lowest BCUT2D eigenvalue weighted by atomic mass is 10.2.